The van der Waals surface area contributed by atoms with Gasteiger partial charge in [-0.1, -0.05) is 55.3 Å². The zero-order valence-electron chi connectivity index (χ0n) is 10.4. The Morgan fingerprint density at radius 2 is 1.89 bits per heavy atom. The molecule has 0 spiro atoms. The van der Waals surface area contributed by atoms with Gasteiger partial charge in [0.25, 0.3) is 0 Å². The van der Waals surface area contributed by atoms with E-state index in [0.29, 0.717) is 22.0 Å². The number of ketones is 1. The van der Waals surface area contributed by atoms with Crippen molar-refractivity contribution in [2.45, 2.75) is 44.9 Å². The van der Waals surface area contributed by atoms with Crippen molar-refractivity contribution in [1.29, 1.82) is 0 Å². The first-order valence-electron chi connectivity index (χ1n) is 6.65. The fourth-order valence-electron chi connectivity index (χ4n) is 2.66. The second-order valence-electron chi connectivity index (χ2n) is 5.09. The van der Waals surface area contributed by atoms with Gasteiger partial charge in [-0.05, 0) is 30.5 Å². The molecule has 0 aliphatic heterocycles. The number of hydrogen-bond donors (Lipinski definition) is 0. The summed E-state index contributed by atoms with van der Waals surface area (Å²) in [4.78, 5) is 12.1. The highest BCUT2D eigenvalue weighted by Crippen LogP contribution is 2.29. The maximum absolute atomic E-state index is 12.1. The molecule has 0 atom stereocenters. The van der Waals surface area contributed by atoms with E-state index in [9.17, 15) is 4.79 Å². The average Bonchev–Trinajstić information content (AvgIpc) is 2.37. The summed E-state index contributed by atoms with van der Waals surface area (Å²) >= 11 is 11.9. The largest absolute Gasteiger partial charge is 0.294 e. The van der Waals surface area contributed by atoms with Gasteiger partial charge in [0.15, 0.2) is 5.78 Å². The van der Waals surface area contributed by atoms with Crippen molar-refractivity contribution >= 4 is 29.0 Å². The summed E-state index contributed by atoms with van der Waals surface area (Å²) in [5, 5.41) is 1.04. The summed E-state index contributed by atoms with van der Waals surface area (Å²) in [6.45, 7) is 0. The van der Waals surface area contributed by atoms with Gasteiger partial charge in [-0.25, -0.2) is 0 Å². The van der Waals surface area contributed by atoms with E-state index in [1.807, 2.05) is 0 Å². The van der Waals surface area contributed by atoms with Gasteiger partial charge in [0.1, 0.15) is 0 Å². The fraction of sp³-hybridized carbons (Fsp3) is 0.533. The third-order valence-corrected chi connectivity index (χ3v) is 4.28. The second-order valence-corrected chi connectivity index (χ2v) is 5.93. The maximum atomic E-state index is 12.1. The normalized spacial score (nSPS) is 16.8. The van der Waals surface area contributed by atoms with Crippen molar-refractivity contribution in [3.8, 4) is 0 Å². The van der Waals surface area contributed by atoms with Crippen molar-refractivity contribution < 1.29 is 4.79 Å². The van der Waals surface area contributed by atoms with Crippen molar-refractivity contribution in [1.82, 2.24) is 0 Å². The van der Waals surface area contributed by atoms with Crippen LogP contribution in [0.3, 0.4) is 0 Å². The summed E-state index contributed by atoms with van der Waals surface area (Å²) in [5.74, 6) is 0.871. The van der Waals surface area contributed by atoms with Crippen LogP contribution >= 0.6 is 23.2 Å². The first kappa shape index (κ1) is 13.9. The maximum Gasteiger partial charge on any atom is 0.164 e. The fourth-order valence-corrected chi connectivity index (χ4v) is 3.18. The number of benzene rings is 1. The molecule has 1 fully saturated rings. The Hall–Kier alpha value is -0.530. The van der Waals surface area contributed by atoms with E-state index in [1.165, 1.54) is 32.1 Å². The van der Waals surface area contributed by atoms with E-state index >= 15 is 0 Å². The standard InChI is InChI=1S/C15H18Cl2O/c16-12-7-8-13(14(17)10-12)15(18)9-6-11-4-2-1-3-5-11/h7-8,10-11H,1-6,9H2. The molecule has 0 amide bonds. The van der Waals surface area contributed by atoms with Gasteiger partial charge in [-0.2, -0.15) is 0 Å². The van der Waals surface area contributed by atoms with Crippen molar-refractivity contribution in [3.05, 3.63) is 33.8 Å². The van der Waals surface area contributed by atoms with Gasteiger partial charge in [0.2, 0.25) is 0 Å². The second kappa shape index (κ2) is 6.58. The van der Waals surface area contributed by atoms with Crippen LogP contribution in [0.4, 0.5) is 0 Å². The molecule has 1 aromatic rings. The molecule has 1 aliphatic rings. The van der Waals surface area contributed by atoms with E-state index in [1.54, 1.807) is 18.2 Å². The highest BCUT2D eigenvalue weighted by Gasteiger charge is 2.16. The summed E-state index contributed by atoms with van der Waals surface area (Å²) in [6, 6.07) is 5.09. The van der Waals surface area contributed by atoms with Crippen molar-refractivity contribution in [2.75, 3.05) is 0 Å². The van der Waals surface area contributed by atoms with Crippen LogP contribution in [0.2, 0.25) is 10.0 Å². The minimum atomic E-state index is 0.141. The first-order valence-corrected chi connectivity index (χ1v) is 7.40. The summed E-state index contributed by atoms with van der Waals surface area (Å²) in [5.41, 5.74) is 0.608. The number of halogens is 2. The van der Waals surface area contributed by atoms with Crippen LogP contribution in [-0.2, 0) is 0 Å². The minimum absolute atomic E-state index is 0.141. The molecule has 98 valence electrons. The summed E-state index contributed by atoms with van der Waals surface area (Å²) in [6.07, 6.45) is 8.15. The predicted molar refractivity (Wildman–Crippen MR) is 76.6 cm³/mol. The lowest BCUT2D eigenvalue weighted by Gasteiger charge is -2.21. The van der Waals surface area contributed by atoms with Crippen LogP contribution in [0.5, 0.6) is 0 Å². The average molecular weight is 285 g/mol. The lowest BCUT2D eigenvalue weighted by molar-refractivity contribution is 0.0970. The van der Waals surface area contributed by atoms with Gasteiger partial charge in [0, 0.05) is 17.0 Å². The molecule has 0 unspecified atom stereocenters. The van der Waals surface area contributed by atoms with E-state index < -0.39 is 0 Å². The molecular weight excluding hydrogens is 267 g/mol. The molecule has 1 saturated carbocycles. The Kier molecular flexibility index (Phi) is 5.08. The third-order valence-electron chi connectivity index (χ3n) is 3.74. The molecule has 0 bridgehead atoms. The molecule has 0 N–H and O–H groups in total. The highest BCUT2D eigenvalue weighted by atomic mass is 35.5. The van der Waals surface area contributed by atoms with E-state index in [4.69, 9.17) is 23.2 Å². The van der Waals surface area contributed by atoms with Crippen LogP contribution in [-0.4, -0.2) is 5.78 Å². The molecule has 0 heterocycles. The molecule has 18 heavy (non-hydrogen) atoms. The molecular formula is C15H18Cl2O. The van der Waals surface area contributed by atoms with Gasteiger partial charge < -0.3 is 0 Å². The predicted octanol–water partition coefficient (Wildman–Crippen LogP) is 5.54. The number of hydrogen-bond acceptors (Lipinski definition) is 1. The van der Waals surface area contributed by atoms with E-state index in [2.05, 4.69) is 0 Å². The molecule has 0 radical (unpaired) electrons. The molecule has 1 aliphatic carbocycles. The van der Waals surface area contributed by atoms with Crippen molar-refractivity contribution in [2.24, 2.45) is 5.92 Å². The Morgan fingerprint density at radius 1 is 1.17 bits per heavy atom. The van der Waals surface area contributed by atoms with Gasteiger partial charge in [-0.3, -0.25) is 4.79 Å². The van der Waals surface area contributed by atoms with Gasteiger partial charge >= 0.3 is 0 Å². The molecule has 1 aromatic carbocycles. The van der Waals surface area contributed by atoms with Crippen LogP contribution < -0.4 is 0 Å². The lowest BCUT2D eigenvalue weighted by Crippen LogP contribution is -2.09. The summed E-state index contributed by atoms with van der Waals surface area (Å²) < 4.78 is 0. The number of carbonyl (C=O) groups is 1. The zero-order chi connectivity index (χ0) is 13.0. The molecule has 3 heteroatoms. The monoisotopic (exact) mass is 284 g/mol. The zero-order valence-corrected chi connectivity index (χ0v) is 11.9. The quantitative estimate of drug-likeness (QED) is 0.664. The van der Waals surface area contributed by atoms with Crippen LogP contribution in [0.25, 0.3) is 0 Å². The lowest BCUT2D eigenvalue weighted by atomic mass is 9.85. The SMILES string of the molecule is O=C(CCC1CCCCC1)c1ccc(Cl)cc1Cl. The number of carbonyl (C=O) groups excluding carboxylic acids is 1. The van der Waals surface area contributed by atoms with Gasteiger partial charge in [0.05, 0.1) is 5.02 Å². The molecule has 2 rings (SSSR count). The van der Waals surface area contributed by atoms with E-state index in [-0.39, 0.29) is 5.78 Å². The Labute approximate surface area is 118 Å². The number of rotatable bonds is 4. The van der Waals surface area contributed by atoms with E-state index in [0.717, 1.165) is 12.3 Å². The van der Waals surface area contributed by atoms with Crippen LogP contribution in [0, 0.1) is 5.92 Å². The van der Waals surface area contributed by atoms with Crippen LogP contribution in [0.15, 0.2) is 18.2 Å². The Morgan fingerprint density at radius 3 is 2.56 bits per heavy atom. The topological polar surface area (TPSA) is 17.1 Å². The van der Waals surface area contributed by atoms with Crippen LogP contribution in [0.1, 0.15) is 55.3 Å². The number of Topliss-reactive ketones (excluding diaryl/α,β-unsaturated/α-hetero) is 1. The molecule has 0 aromatic heterocycles. The molecule has 0 saturated heterocycles. The summed E-state index contributed by atoms with van der Waals surface area (Å²) in [7, 11) is 0. The first-order chi connectivity index (χ1) is 8.66. The van der Waals surface area contributed by atoms with Gasteiger partial charge in [-0.15, -0.1) is 0 Å². The molecule has 1 nitrogen and oxygen atoms in total. The van der Waals surface area contributed by atoms with Crippen molar-refractivity contribution in [3.63, 3.8) is 0 Å². The smallest absolute Gasteiger partial charge is 0.164 e. The minimum Gasteiger partial charge on any atom is -0.294 e. The third kappa shape index (κ3) is 3.73. The Bertz CT molecular complexity index is 423. The highest BCUT2D eigenvalue weighted by molar-refractivity contribution is 6.36. The Balaban J connectivity index is 1.90.